The van der Waals surface area contributed by atoms with Gasteiger partial charge in [0.05, 0.1) is 18.8 Å². The maximum atomic E-state index is 12.9. The number of amides is 1. The number of morpholine rings is 1. The first-order chi connectivity index (χ1) is 12.5. The molecule has 1 atom stereocenters. The molecule has 138 valence electrons. The van der Waals surface area contributed by atoms with Crippen LogP contribution in [0, 0.1) is 5.82 Å². The number of pyridine rings is 1. The molecule has 1 aliphatic rings. The van der Waals surface area contributed by atoms with E-state index in [4.69, 9.17) is 9.47 Å². The van der Waals surface area contributed by atoms with Gasteiger partial charge in [0.15, 0.2) is 6.61 Å². The minimum atomic E-state index is -0.341. The first-order valence-corrected chi connectivity index (χ1v) is 8.45. The first-order valence-electron chi connectivity index (χ1n) is 8.45. The van der Waals surface area contributed by atoms with Crippen molar-refractivity contribution in [2.75, 3.05) is 45.3 Å². The van der Waals surface area contributed by atoms with Crippen LogP contribution in [0.3, 0.4) is 0 Å². The highest BCUT2D eigenvalue weighted by atomic mass is 19.1. The van der Waals surface area contributed by atoms with E-state index in [2.05, 4.69) is 4.98 Å². The van der Waals surface area contributed by atoms with Crippen LogP contribution in [0.15, 0.2) is 42.5 Å². The van der Waals surface area contributed by atoms with Gasteiger partial charge in [-0.15, -0.1) is 0 Å². The molecule has 1 amide bonds. The Morgan fingerprint density at radius 2 is 2.08 bits per heavy atom. The van der Waals surface area contributed by atoms with Gasteiger partial charge >= 0.3 is 0 Å². The third kappa shape index (κ3) is 4.49. The molecule has 0 bridgehead atoms. The molecule has 0 spiro atoms. The standard InChI is InChI=1S/C19H22FN3O3/c1-22(2)18-5-3-4-16(21-18)17-12-23(10-11-25-17)19(24)13-26-15-8-6-14(20)7-9-15/h3-9,17H,10-13H2,1-2H3/t17-/m0/s1. The minimum absolute atomic E-state index is 0.0937. The van der Waals surface area contributed by atoms with Gasteiger partial charge in [-0.25, -0.2) is 9.37 Å². The van der Waals surface area contributed by atoms with Gasteiger partial charge in [0.2, 0.25) is 0 Å². The molecule has 1 aromatic heterocycles. The Morgan fingerprint density at radius 3 is 2.81 bits per heavy atom. The van der Waals surface area contributed by atoms with E-state index in [-0.39, 0.29) is 24.4 Å². The molecule has 1 saturated heterocycles. The van der Waals surface area contributed by atoms with Crippen molar-refractivity contribution in [3.63, 3.8) is 0 Å². The molecule has 0 N–H and O–H groups in total. The van der Waals surface area contributed by atoms with Gasteiger partial charge in [0.25, 0.3) is 5.91 Å². The van der Waals surface area contributed by atoms with Crippen molar-refractivity contribution in [3.05, 3.63) is 54.0 Å². The second-order valence-electron chi connectivity index (χ2n) is 6.26. The summed E-state index contributed by atoms with van der Waals surface area (Å²) in [5, 5.41) is 0. The van der Waals surface area contributed by atoms with E-state index in [1.165, 1.54) is 24.3 Å². The Kier molecular flexibility index (Phi) is 5.68. The lowest BCUT2D eigenvalue weighted by atomic mass is 10.2. The summed E-state index contributed by atoms with van der Waals surface area (Å²) in [6.07, 6.45) is -0.265. The third-order valence-corrected chi connectivity index (χ3v) is 4.14. The average Bonchev–Trinajstić information content (AvgIpc) is 2.67. The van der Waals surface area contributed by atoms with Crippen LogP contribution >= 0.6 is 0 Å². The lowest BCUT2D eigenvalue weighted by Crippen LogP contribution is -2.44. The number of rotatable bonds is 5. The fourth-order valence-electron chi connectivity index (χ4n) is 2.69. The molecule has 0 aliphatic carbocycles. The van der Waals surface area contributed by atoms with Gasteiger partial charge in [-0.2, -0.15) is 0 Å². The summed E-state index contributed by atoms with van der Waals surface area (Å²) >= 11 is 0. The third-order valence-electron chi connectivity index (χ3n) is 4.14. The maximum absolute atomic E-state index is 12.9. The highest BCUT2D eigenvalue weighted by Gasteiger charge is 2.26. The van der Waals surface area contributed by atoms with E-state index in [1.807, 2.05) is 37.2 Å². The zero-order valence-corrected chi connectivity index (χ0v) is 14.9. The van der Waals surface area contributed by atoms with Crippen LogP contribution in [0.25, 0.3) is 0 Å². The van der Waals surface area contributed by atoms with Crippen LogP contribution in [0.1, 0.15) is 11.8 Å². The second-order valence-corrected chi connectivity index (χ2v) is 6.26. The highest BCUT2D eigenvalue weighted by Crippen LogP contribution is 2.22. The van der Waals surface area contributed by atoms with Gasteiger partial charge in [-0.1, -0.05) is 6.07 Å². The van der Waals surface area contributed by atoms with E-state index in [9.17, 15) is 9.18 Å². The fraction of sp³-hybridized carbons (Fsp3) is 0.368. The quantitative estimate of drug-likeness (QED) is 0.820. The SMILES string of the molecule is CN(C)c1cccc([C@@H]2CN(C(=O)COc3ccc(F)cc3)CCO2)n1. The average molecular weight is 359 g/mol. The van der Waals surface area contributed by atoms with Crippen molar-refractivity contribution in [2.45, 2.75) is 6.10 Å². The van der Waals surface area contributed by atoms with Crippen molar-refractivity contribution in [1.29, 1.82) is 0 Å². The molecule has 0 radical (unpaired) electrons. The molecule has 26 heavy (non-hydrogen) atoms. The number of carbonyl (C=O) groups excluding carboxylic acids is 1. The van der Waals surface area contributed by atoms with E-state index in [1.54, 1.807) is 4.90 Å². The minimum Gasteiger partial charge on any atom is -0.484 e. The molecule has 3 rings (SSSR count). The van der Waals surface area contributed by atoms with Crippen molar-refractivity contribution in [3.8, 4) is 5.75 Å². The molecule has 1 aliphatic heterocycles. The number of benzene rings is 1. The van der Waals surface area contributed by atoms with Crippen molar-refractivity contribution in [2.24, 2.45) is 0 Å². The van der Waals surface area contributed by atoms with Crippen molar-refractivity contribution < 1.29 is 18.7 Å². The first kappa shape index (κ1) is 18.1. The summed E-state index contributed by atoms with van der Waals surface area (Å²) in [7, 11) is 3.85. The predicted molar refractivity (Wildman–Crippen MR) is 95.7 cm³/mol. The highest BCUT2D eigenvalue weighted by molar-refractivity contribution is 5.78. The van der Waals surface area contributed by atoms with Crippen molar-refractivity contribution in [1.82, 2.24) is 9.88 Å². The van der Waals surface area contributed by atoms with Gasteiger partial charge < -0.3 is 19.3 Å². The van der Waals surface area contributed by atoms with Gasteiger partial charge in [-0.05, 0) is 36.4 Å². The summed E-state index contributed by atoms with van der Waals surface area (Å²) < 4.78 is 24.1. The van der Waals surface area contributed by atoms with Crippen LogP contribution in [0.5, 0.6) is 5.75 Å². The molecule has 7 heteroatoms. The zero-order valence-electron chi connectivity index (χ0n) is 14.9. The molecule has 1 aromatic carbocycles. The molecular weight excluding hydrogens is 337 g/mol. The van der Waals surface area contributed by atoms with Crippen LogP contribution in [-0.4, -0.2) is 56.2 Å². The molecular formula is C19H22FN3O3. The molecule has 0 saturated carbocycles. The Balaban J connectivity index is 1.59. The van der Waals surface area contributed by atoms with Crippen LogP contribution in [0.2, 0.25) is 0 Å². The molecule has 6 nitrogen and oxygen atoms in total. The van der Waals surface area contributed by atoms with Gasteiger partial charge in [-0.3, -0.25) is 4.79 Å². The Morgan fingerprint density at radius 1 is 1.31 bits per heavy atom. The lowest BCUT2D eigenvalue weighted by molar-refractivity contribution is -0.141. The maximum Gasteiger partial charge on any atom is 0.260 e. The number of anilines is 1. The van der Waals surface area contributed by atoms with Gasteiger partial charge in [0.1, 0.15) is 23.5 Å². The van der Waals surface area contributed by atoms with Gasteiger partial charge in [0, 0.05) is 20.6 Å². The molecule has 1 fully saturated rings. The van der Waals surface area contributed by atoms with E-state index in [0.29, 0.717) is 25.4 Å². The normalized spacial score (nSPS) is 17.0. The van der Waals surface area contributed by atoms with Crippen LogP contribution in [-0.2, 0) is 9.53 Å². The van der Waals surface area contributed by atoms with Crippen molar-refractivity contribution >= 4 is 11.7 Å². The molecule has 2 aromatic rings. The topological polar surface area (TPSA) is 54.9 Å². The lowest BCUT2D eigenvalue weighted by Gasteiger charge is -2.32. The van der Waals surface area contributed by atoms with E-state index in [0.717, 1.165) is 11.5 Å². The number of carbonyl (C=O) groups is 1. The number of hydrogen-bond donors (Lipinski definition) is 0. The smallest absolute Gasteiger partial charge is 0.260 e. The van der Waals surface area contributed by atoms with E-state index < -0.39 is 0 Å². The number of halogens is 1. The number of nitrogens with zero attached hydrogens (tertiary/aromatic N) is 3. The second kappa shape index (κ2) is 8.14. The van der Waals surface area contributed by atoms with Crippen LogP contribution < -0.4 is 9.64 Å². The number of hydrogen-bond acceptors (Lipinski definition) is 5. The Hall–Kier alpha value is -2.67. The summed E-state index contributed by atoms with van der Waals surface area (Å²) in [6, 6.07) is 11.4. The molecule has 0 unspecified atom stereocenters. The summed E-state index contributed by atoms with van der Waals surface area (Å²) in [4.78, 5) is 20.7. The predicted octanol–water partition coefficient (Wildman–Crippen LogP) is 2.27. The van der Waals surface area contributed by atoms with Crippen LogP contribution in [0.4, 0.5) is 10.2 Å². The fourth-order valence-corrected chi connectivity index (χ4v) is 2.69. The molecule has 2 heterocycles. The monoisotopic (exact) mass is 359 g/mol. The number of aromatic nitrogens is 1. The Labute approximate surface area is 152 Å². The summed E-state index contributed by atoms with van der Waals surface area (Å²) in [5.74, 6) is 0.831. The summed E-state index contributed by atoms with van der Waals surface area (Å²) in [6.45, 7) is 1.29. The largest absolute Gasteiger partial charge is 0.484 e. The Bertz CT molecular complexity index is 752. The van der Waals surface area contributed by atoms with E-state index >= 15 is 0 Å². The number of ether oxygens (including phenoxy) is 2. The zero-order chi connectivity index (χ0) is 18.5. The summed E-state index contributed by atoms with van der Waals surface area (Å²) in [5.41, 5.74) is 0.799.